The quantitative estimate of drug-likeness (QED) is 0.537. The summed E-state index contributed by atoms with van der Waals surface area (Å²) in [5.41, 5.74) is 1.19. The van der Waals surface area contributed by atoms with Gasteiger partial charge in [0, 0.05) is 13.0 Å². The molecule has 142 valence electrons. The van der Waals surface area contributed by atoms with Crippen molar-refractivity contribution in [3.63, 3.8) is 0 Å². The zero-order valence-electron chi connectivity index (χ0n) is 16.0. The van der Waals surface area contributed by atoms with Crippen LogP contribution >= 0.6 is 0 Å². The van der Waals surface area contributed by atoms with Gasteiger partial charge in [-0.25, -0.2) is 0 Å². The van der Waals surface area contributed by atoms with E-state index in [1.807, 2.05) is 6.07 Å². The number of benzene rings is 1. The normalized spacial score (nSPS) is 28.5. The maximum absolute atomic E-state index is 6.40. The minimum absolute atomic E-state index is 0.0167. The number of ether oxygens (including phenoxy) is 3. The second kappa shape index (κ2) is 10.7. The van der Waals surface area contributed by atoms with E-state index in [9.17, 15) is 0 Å². The maximum atomic E-state index is 6.40. The summed E-state index contributed by atoms with van der Waals surface area (Å²) in [4.78, 5) is 0. The molecule has 2 heterocycles. The maximum Gasteiger partial charge on any atom is 0.144 e. The molecular formula is C23H32O3. The minimum Gasteiger partial charge on any atom is -0.376 e. The van der Waals surface area contributed by atoms with Crippen LogP contribution < -0.4 is 0 Å². The van der Waals surface area contributed by atoms with Crippen LogP contribution in [0.15, 0.2) is 30.3 Å². The summed E-state index contributed by atoms with van der Waals surface area (Å²) in [7, 11) is 0. The van der Waals surface area contributed by atoms with E-state index in [2.05, 4.69) is 43.0 Å². The van der Waals surface area contributed by atoms with Crippen LogP contribution in [0.2, 0.25) is 0 Å². The van der Waals surface area contributed by atoms with Crippen molar-refractivity contribution in [2.75, 3.05) is 6.61 Å². The van der Waals surface area contributed by atoms with Gasteiger partial charge in [0.15, 0.2) is 0 Å². The lowest BCUT2D eigenvalue weighted by Gasteiger charge is -2.30. The van der Waals surface area contributed by atoms with Gasteiger partial charge in [-0.3, -0.25) is 0 Å². The monoisotopic (exact) mass is 356 g/mol. The standard InChI is InChI=1S/C23H32O3/c1-2-3-4-5-9-13-22-21(25-18-19-11-7-6-8-12-19)16-15-20-23(26-22)14-10-17-24-20/h6-8,11-12,20-23H,2-5,10,14-18H2,1H3/t20-,21+,22+,23+/m1/s1. The molecule has 1 aromatic rings. The molecule has 3 nitrogen and oxygen atoms in total. The third kappa shape index (κ3) is 5.84. The summed E-state index contributed by atoms with van der Waals surface area (Å²) < 4.78 is 18.6. The van der Waals surface area contributed by atoms with Gasteiger partial charge >= 0.3 is 0 Å². The van der Waals surface area contributed by atoms with Crippen molar-refractivity contribution in [1.29, 1.82) is 0 Å². The van der Waals surface area contributed by atoms with E-state index in [4.69, 9.17) is 14.2 Å². The summed E-state index contributed by atoms with van der Waals surface area (Å²) in [6.45, 7) is 3.69. The first kappa shape index (κ1) is 19.4. The summed E-state index contributed by atoms with van der Waals surface area (Å²) >= 11 is 0. The van der Waals surface area contributed by atoms with Crippen molar-refractivity contribution in [2.24, 2.45) is 0 Å². The highest BCUT2D eigenvalue weighted by molar-refractivity contribution is 5.14. The lowest BCUT2D eigenvalue weighted by atomic mass is 10.0. The Morgan fingerprint density at radius 2 is 1.96 bits per heavy atom. The van der Waals surface area contributed by atoms with Gasteiger partial charge in [-0.15, -0.1) is 5.92 Å². The van der Waals surface area contributed by atoms with Gasteiger partial charge < -0.3 is 14.2 Å². The van der Waals surface area contributed by atoms with Crippen LogP contribution in [0.3, 0.4) is 0 Å². The number of rotatable bonds is 6. The summed E-state index contributed by atoms with van der Waals surface area (Å²) in [6, 6.07) is 10.3. The Bertz CT molecular complexity index is 574. The molecule has 26 heavy (non-hydrogen) atoms. The lowest BCUT2D eigenvalue weighted by molar-refractivity contribution is -0.126. The van der Waals surface area contributed by atoms with E-state index < -0.39 is 0 Å². The van der Waals surface area contributed by atoms with Crippen molar-refractivity contribution >= 4 is 0 Å². The second-order valence-electron chi connectivity index (χ2n) is 7.34. The first-order chi connectivity index (χ1) is 12.9. The van der Waals surface area contributed by atoms with Crippen LogP contribution in [0, 0.1) is 11.8 Å². The highest BCUT2D eigenvalue weighted by Crippen LogP contribution is 2.29. The Labute approximate surface area is 158 Å². The Balaban J connectivity index is 1.63. The van der Waals surface area contributed by atoms with Crippen LogP contribution in [0.25, 0.3) is 0 Å². The number of fused-ring (bicyclic) bond motifs is 1. The molecule has 0 spiro atoms. The fourth-order valence-corrected chi connectivity index (χ4v) is 3.70. The van der Waals surface area contributed by atoms with Crippen molar-refractivity contribution in [2.45, 2.75) is 89.3 Å². The van der Waals surface area contributed by atoms with Gasteiger partial charge in [0.25, 0.3) is 0 Å². The van der Waals surface area contributed by atoms with E-state index in [1.54, 1.807) is 0 Å². The van der Waals surface area contributed by atoms with Gasteiger partial charge in [0.2, 0.25) is 0 Å². The molecule has 0 unspecified atom stereocenters. The Morgan fingerprint density at radius 1 is 1.08 bits per heavy atom. The molecule has 0 amide bonds. The third-order valence-corrected chi connectivity index (χ3v) is 5.23. The summed E-state index contributed by atoms with van der Waals surface area (Å²) in [6.07, 6.45) is 8.93. The molecule has 0 saturated carbocycles. The molecule has 0 bridgehead atoms. The van der Waals surface area contributed by atoms with Gasteiger partial charge in [-0.2, -0.15) is 0 Å². The second-order valence-corrected chi connectivity index (χ2v) is 7.34. The molecule has 3 rings (SSSR count). The Hall–Kier alpha value is -1.34. The van der Waals surface area contributed by atoms with Gasteiger partial charge in [0.1, 0.15) is 6.10 Å². The van der Waals surface area contributed by atoms with Gasteiger partial charge in [-0.1, -0.05) is 56.0 Å². The minimum atomic E-state index is -0.142. The first-order valence-corrected chi connectivity index (χ1v) is 10.3. The zero-order valence-corrected chi connectivity index (χ0v) is 16.0. The average molecular weight is 357 g/mol. The van der Waals surface area contributed by atoms with E-state index in [1.165, 1.54) is 24.8 Å². The molecule has 0 N–H and O–H groups in total. The van der Waals surface area contributed by atoms with Crippen molar-refractivity contribution in [3.05, 3.63) is 35.9 Å². The van der Waals surface area contributed by atoms with Crippen LogP contribution in [-0.4, -0.2) is 31.0 Å². The van der Waals surface area contributed by atoms with Crippen LogP contribution in [-0.2, 0) is 20.8 Å². The summed E-state index contributed by atoms with van der Waals surface area (Å²) in [5, 5.41) is 0. The fourth-order valence-electron chi connectivity index (χ4n) is 3.70. The third-order valence-electron chi connectivity index (χ3n) is 5.23. The average Bonchev–Trinajstić information content (AvgIpc) is 2.86. The highest BCUT2D eigenvalue weighted by Gasteiger charge is 2.36. The molecule has 0 aliphatic carbocycles. The zero-order chi connectivity index (χ0) is 18.0. The molecule has 0 aromatic heterocycles. The topological polar surface area (TPSA) is 27.7 Å². The van der Waals surface area contributed by atoms with E-state index in [0.29, 0.717) is 6.61 Å². The molecule has 0 radical (unpaired) electrons. The molecule has 2 aliphatic rings. The lowest BCUT2D eigenvalue weighted by Crippen LogP contribution is -2.37. The molecule has 4 atom stereocenters. The molecule has 1 aromatic carbocycles. The van der Waals surface area contributed by atoms with E-state index in [-0.39, 0.29) is 24.4 Å². The SMILES string of the molecule is CCCCCC#C[C@@H]1O[C@H]2CCCO[C@@H]2CC[C@@H]1OCc1ccccc1. The highest BCUT2D eigenvalue weighted by atomic mass is 16.6. The van der Waals surface area contributed by atoms with Crippen molar-refractivity contribution in [3.8, 4) is 11.8 Å². The molecular weight excluding hydrogens is 324 g/mol. The molecule has 3 heteroatoms. The molecule has 2 fully saturated rings. The smallest absolute Gasteiger partial charge is 0.144 e. The van der Waals surface area contributed by atoms with Crippen molar-refractivity contribution < 1.29 is 14.2 Å². The van der Waals surface area contributed by atoms with Crippen LogP contribution in [0.1, 0.15) is 63.9 Å². The number of hydrogen-bond donors (Lipinski definition) is 0. The van der Waals surface area contributed by atoms with Crippen LogP contribution in [0.5, 0.6) is 0 Å². The van der Waals surface area contributed by atoms with Gasteiger partial charge in [0.05, 0.1) is 24.9 Å². The van der Waals surface area contributed by atoms with E-state index >= 15 is 0 Å². The summed E-state index contributed by atoms with van der Waals surface area (Å²) in [5.74, 6) is 6.73. The first-order valence-electron chi connectivity index (χ1n) is 10.3. The Kier molecular flexibility index (Phi) is 8.01. The number of unbranched alkanes of at least 4 members (excludes halogenated alkanes) is 3. The molecule has 2 aliphatic heterocycles. The number of hydrogen-bond acceptors (Lipinski definition) is 3. The Morgan fingerprint density at radius 3 is 2.81 bits per heavy atom. The predicted octanol–water partition coefficient (Wildman–Crippen LogP) is 4.88. The van der Waals surface area contributed by atoms with Gasteiger partial charge in [-0.05, 0) is 37.7 Å². The fraction of sp³-hybridized carbons (Fsp3) is 0.652. The van der Waals surface area contributed by atoms with Crippen molar-refractivity contribution in [1.82, 2.24) is 0 Å². The van der Waals surface area contributed by atoms with Crippen LogP contribution in [0.4, 0.5) is 0 Å². The molecule has 2 saturated heterocycles. The van der Waals surface area contributed by atoms with E-state index in [0.717, 1.165) is 38.7 Å². The predicted molar refractivity (Wildman–Crippen MR) is 104 cm³/mol. The largest absolute Gasteiger partial charge is 0.376 e.